The van der Waals surface area contributed by atoms with Gasteiger partial charge in [-0.2, -0.15) is 0 Å². The summed E-state index contributed by atoms with van der Waals surface area (Å²) in [5.74, 6) is 0.103. The van der Waals surface area contributed by atoms with Gasteiger partial charge >= 0.3 is 0 Å². The highest BCUT2D eigenvalue weighted by Crippen LogP contribution is 2.36. The van der Waals surface area contributed by atoms with E-state index >= 15 is 0 Å². The molecule has 1 atom stereocenters. The van der Waals surface area contributed by atoms with Gasteiger partial charge in [-0.05, 0) is 30.7 Å². The van der Waals surface area contributed by atoms with Crippen LogP contribution in [0.5, 0.6) is 0 Å². The van der Waals surface area contributed by atoms with Crippen LogP contribution in [0, 0.1) is 6.92 Å². The van der Waals surface area contributed by atoms with Crippen LogP contribution in [-0.4, -0.2) is 17.9 Å². The number of anilines is 2. The fourth-order valence-corrected chi connectivity index (χ4v) is 2.83. The van der Waals surface area contributed by atoms with Crippen molar-refractivity contribution < 1.29 is 4.79 Å². The Morgan fingerprint density at radius 1 is 1.29 bits per heavy atom. The van der Waals surface area contributed by atoms with Crippen molar-refractivity contribution in [1.82, 2.24) is 4.98 Å². The minimum Gasteiger partial charge on any atom is -0.376 e. The molecule has 2 aromatic rings. The Balaban J connectivity index is 1.96. The predicted molar refractivity (Wildman–Crippen MR) is 84.8 cm³/mol. The van der Waals surface area contributed by atoms with Gasteiger partial charge in [-0.25, -0.2) is 4.98 Å². The van der Waals surface area contributed by atoms with Gasteiger partial charge in [0, 0.05) is 12.7 Å². The SMILES string of the molecule is Cc1nc(Cl)ccc1NC1CC(=O)N(C)c2ccccc21. The molecule has 0 bridgehead atoms. The Bertz CT molecular complexity index is 702. The minimum absolute atomic E-state index is 0.0495. The van der Waals surface area contributed by atoms with Crippen molar-refractivity contribution >= 4 is 28.9 Å². The van der Waals surface area contributed by atoms with Gasteiger partial charge in [-0.1, -0.05) is 29.8 Å². The lowest BCUT2D eigenvalue weighted by Gasteiger charge is -2.32. The summed E-state index contributed by atoms with van der Waals surface area (Å²) in [6.07, 6.45) is 0.426. The molecule has 3 rings (SSSR count). The van der Waals surface area contributed by atoms with Crippen molar-refractivity contribution in [2.45, 2.75) is 19.4 Å². The van der Waals surface area contributed by atoms with E-state index in [-0.39, 0.29) is 11.9 Å². The van der Waals surface area contributed by atoms with Gasteiger partial charge in [-0.3, -0.25) is 4.79 Å². The Labute approximate surface area is 128 Å². The summed E-state index contributed by atoms with van der Waals surface area (Å²) in [5, 5.41) is 3.89. The van der Waals surface area contributed by atoms with Gasteiger partial charge < -0.3 is 10.2 Å². The third-order valence-electron chi connectivity index (χ3n) is 3.81. The zero-order valence-electron chi connectivity index (χ0n) is 11.9. The molecule has 0 spiro atoms. The van der Waals surface area contributed by atoms with E-state index in [4.69, 9.17) is 11.6 Å². The number of hydrogen-bond donors (Lipinski definition) is 1. The first-order chi connectivity index (χ1) is 10.1. The molecule has 0 radical (unpaired) electrons. The smallest absolute Gasteiger partial charge is 0.229 e. The quantitative estimate of drug-likeness (QED) is 0.863. The van der Waals surface area contributed by atoms with Crippen molar-refractivity contribution in [1.29, 1.82) is 0 Å². The fourth-order valence-electron chi connectivity index (χ4n) is 2.64. The number of aromatic nitrogens is 1. The first-order valence-corrected chi connectivity index (χ1v) is 7.19. The van der Waals surface area contributed by atoms with E-state index in [0.717, 1.165) is 22.6 Å². The second kappa shape index (κ2) is 5.37. The summed E-state index contributed by atoms with van der Waals surface area (Å²) < 4.78 is 0. The molecule has 0 saturated heterocycles. The van der Waals surface area contributed by atoms with Gasteiger partial charge in [0.15, 0.2) is 0 Å². The molecule has 4 nitrogen and oxygen atoms in total. The summed E-state index contributed by atoms with van der Waals surface area (Å²) in [5.41, 5.74) is 3.79. The molecule has 1 N–H and O–H groups in total. The number of carbonyl (C=O) groups excluding carboxylic acids is 1. The van der Waals surface area contributed by atoms with E-state index in [1.165, 1.54) is 0 Å². The van der Waals surface area contributed by atoms with Crippen molar-refractivity contribution in [3.63, 3.8) is 0 Å². The van der Waals surface area contributed by atoms with Crippen LogP contribution in [0.4, 0.5) is 11.4 Å². The number of para-hydroxylation sites is 1. The molecule has 1 amide bonds. The number of carbonyl (C=O) groups is 1. The van der Waals surface area contributed by atoms with Gasteiger partial charge in [-0.15, -0.1) is 0 Å². The van der Waals surface area contributed by atoms with E-state index in [1.807, 2.05) is 38.2 Å². The summed E-state index contributed by atoms with van der Waals surface area (Å²) >= 11 is 5.88. The lowest BCUT2D eigenvalue weighted by atomic mass is 9.96. The third kappa shape index (κ3) is 2.59. The number of rotatable bonds is 2. The monoisotopic (exact) mass is 301 g/mol. The highest BCUT2D eigenvalue weighted by atomic mass is 35.5. The standard InChI is InChI=1S/C16H16ClN3O/c1-10-12(7-8-15(17)18-10)19-13-9-16(21)20(2)14-6-4-3-5-11(13)14/h3-8,13,19H,9H2,1-2H3. The lowest BCUT2D eigenvalue weighted by Crippen LogP contribution is -2.35. The second-order valence-corrected chi connectivity index (χ2v) is 5.57. The van der Waals surface area contributed by atoms with Gasteiger partial charge in [0.25, 0.3) is 0 Å². The van der Waals surface area contributed by atoms with Crippen molar-refractivity contribution in [3.05, 3.63) is 52.8 Å². The second-order valence-electron chi connectivity index (χ2n) is 5.18. The first-order valence-electron chi connectivity index (χ1n) is 6.81. The molecular formula is C16H16ClN3O. The Morgan fingerprint density at radius 2 is 2.05 bits per heavy atom. The van der Waals surface area contributed by atoms with E-state index in [1.54, 1.807) is 11.0 Å². The summed E-state index contributed by atoms with van der Waals surface area (Å²) in [4.78, 5) is 18.1. The number of hydrogen-bond acceptors (Lipinski definition) is 3. The third-order valence-corrected chi connectivity index (χ3v) is 4.02. The first kappa shape index (κ1) is 13.9. The van der Waals surface area contributed by atoms with E-state index < -0.39 is 0 Å². The molecule has 21 heavy (non-hydrogen) atoms. The van der Waals surface area contributed by atoms with E-state index in [9.17, 15) is 4.79 Å². The molecule has 0 aliphatic carbocycles. The van der Waals surface area contributed by atoms with Gasteiger partial charge in [0.1, 0.15) is 5.15 Å². The molecule has 0 fully saturated rings. The zero-order valence-corrected chi connectivity index (χ0v) is 12.7. The minimum atomic E-state index is -0.0495. The van der Waals surface area contributed by atoms with Crippen LogP contribution in [0.25, 0.3) is 0 Å². The van der Waals surface area contributed by atoms with Crippen LogP contribution < -0.4 is 10.2 Å². The zero-order chi connectivity index (χ0) is 15.0. The molecule has 1 aromatic heterocycles. The van der Waals surface area contributed by atoms with Gasteiger partial charge in [0.2, 0.25) is 5.91 Å². The van der Waals surface area contributed by atoms with Crippen LogP contribution in [0.2, 0.25) is 5.15 Å². The summed E-state index contributed by atoms with van der Waals surface area (Å²) in [6.45, 7) is 1.90. The average molecular weight is 302 g/mol. The largest absolute Gasteiger partial charge is 0.376 e. The molecule has 2 heterocycles. The van der Waals surface area contributed by atoms with Crippen LogP contribution in [-0.2, 0) is 4.79 Å². The maximum absolute atomic E-state index is 12.1. The lowest BCUT2D eigenvalue weighted by molar-refractivity contribution is -0.118. The van der Waals surface area contributed by atoms with E-state index in [0.29, 0.717) is 11.6 Å². The maximum atomic E-state index is 12.1. The van der Waals surface area contributed by atoms with Crippen LogP contribution in [0.15, 0.2) is 36.4 Å². The maximum Gasteiger partial charge on any atom is 0.229 e. The molecule has 1 unspecified atom stereocenters. The average Bonchev–Trinajstić information content (AvgIpc) is 2.47. The Morgan fingerprint density at radius 3 is 2.81 bits per heavy atom. The van der Waals surface area contributed by atoms with Crippen LogP contribution in [0.1, 0.15) is 23.7 Å². The Kier molecular flexibility index (Phi) is 3.55. The van der Waals surface area contributed by atoms with E-state index in [2.05, 4.69) is 16.4 Å². The fraction of sp³-hybridized carbons (Fsp3) is 0.250. The number of aryl methyl sites for hydroxylation is 1. The van der Waals surface area contributed by atoms with Crippen molar-refractivity contribution in [2.24, 2.45) is 0 Å². The molecule has 1 aliphatic heterocycles. The van der Waals surface area contributed by atoms with Crippen LogP contribution >= 0.6 is 11.6 Å². The number of nitrogens with zero attached hydrogens (tertiary/aromatic N) is 2. The molecule has 5 heteroatoms. The van der Waals surface area contributed by atoms with Gasteiger partial charge in [0.05, 0.1) is 23.8 Å². The van der Waals surface area contributed by atoms with Crippen LogP contribution in [0.3, 0.4) is 0 Å². The number of amides is 1. The number of halogens is 1. The topological polar surface area (TPSA) is 45.2 Å². The number of pyridine rings is 1. The highest BCUT2D eigenvalue weighted by molar-refractivity contribution is 6.29. The molecule has 108 valence electrons. The Hall–Kier alpha value is -2.07. The predicted octanol–water partition coefficient (Wildman–Crippen LogP) is 3.56. The molecular weight excluding hydrogens is 286 g/mol. The number of nitrogens with one attached hydrogen (secondary N) is 1. The summed E-state index contributed by atoms with van der Waals surface area (Å²) in [7, 11) is 1.81. The number of fused-ring (bicyclic) bond motifs is 1. The summed E-state index contributed by atoms with van der Waals surface area (Å²) in [6, 6.07) is 11.6. The van der Waals surface area contributed by atoms with Crippen molar-refractivity contribution in [3.8, 4) is 0 Å². The molecule has 1 aromatic carbocycles. The molecule has 0 saturated carbocycles. The normalized spacial score (nSPS) is 17.6. The number of benzene rings is 1. The highest BCUT2D eigenvalue weighted by Gasteiger charge is 2.29. The molecule has 1 aliphatic rings. The van der Waals surface area contributed by atoms with Crippen molar-refractivity contribution in [2.75, 3.05) is 17.3 Å².